The highest BCUT2D eigenvalue weighted by molar-refractivity contribution is 5.66. The summed E-state index contributed by atoms with van der Waals surface area (Å²) in [6.45, 7) is 9.50. The molecule has 1 aromatic rings. The molecule has 2 rings (SSSR count). The Balaban J connectivity index is 2.14. The Kier molecular flexibility index (Phi) is 5.88. The monoisotopic (exact) mass is 334 g/mol. The molecule has 24 heavy (non-hydrogen) atoms. The van der Waals surface area contributed by atoms with Crippen LogP contribution in [0.15, 0.2) is 24.3 Å². The van der Waals surface area contributed by atoms with Gasteiger partial charge in [-0.2, -0.15) is 0 Å². The first-order valence-corrected chi connectivity index (χ1v) is 8.72. The van der Waals surface area contributed by atoms with Crippen LogP contribution in [0.25, 0.3) is 0 Å². The van der Waals surface area contributed by atoms with Crippen molar-refractivity contribution in [3.8, 4) is 0 Å². The van der Waals surface area contributed by atoms with Gasteiger partial charge in [0.25, 0.3) is 0 Å². The topological polar surface area (TPSA) is 72.8 Å². The molecule has 1 aromatic carbocycles. The van der Waals surface area contributed by atoms with Crippen LogP contribution in [0.3, 0.4) is 0 Å². The number of carbonyl (C=O) groups is 1. The van der Waals surface area contributed by atoms with E-state index in [1.807, 2.05) is 52.0 Å². The lowest BCUT2D eigenvalue weighted by atomic mass is 9.87. The second-order valence-corrected chi connectivity index (χ2v) is 7.70. The highest BCUT2D eigenvalue weighted by atomic mass is 16.4. The van der Waals surface area contributed by atoms with Gasteiger partial charge in [-0.3, -0.25) is 4.90 Å². The first-order chi connectivity index (χ1) is 11.2. The van der Waals surface area contributed by atoms with Gasteiger partial charge in [0.05, 0.1) is 12.1 Å². The molecule has 1 aliphatic heterocycles. The van der Waals surface area contributed by atoms with Gasteiger partial charge in [-0.15, -0.1) is 0 Å². The smallest absolute Gasteiger partial charge is 0.408 e. The molecular formula is C19H30N2O3. The maximum atomic E-state index is 11.6. The molecule has 1 unspecified atom stereocenters. The Labute approximate surface area is 144 Å². The molecule has 0 spiro atoms. The molecule has 0 aromatic heterocycles. The molecule has 0 radical (unpaired) electrons. The van der Waals surface area contributed by atoms with Crippen molar-refractivity contribution in [1.82, 2.24) is 10.2 Å². The first kappa shape index (κ1) is 18.7. The molecule has 1 fully saturated rings. The molecule has 1 aliphatic rings. The number of hydrogen-bond donors (Lipinski definition) is 3. The summed E-state index contributed by atoms with van der Waals surface area (Å²) in [6.07, 6.45) is 0.593. The third-order valence-corrected chi connectivity index (χ3v) is 4.91. The van der Waals surface area contributed by atoms with Crippen LogP contribution in [0, 0.1) is 5.92 Å². The standard InChI is InChI=1S/C19H30N2O3/c1-13(21(18(23)24)19(2,3)4)14-5-7-15(8-6-14)17(22)16-9-11-20-12-10-16/h5-8,13,16-17,20,22H,9-12H2,1-4H3,(H,23,24)/t13-,17?/m0/s1. The minimum atomic E-state index is -0.922. The Morgan fingerprint density at radius 3 is 2.12 bits per heavy atom. The fourth-order valence-corrected chi connectivity index (χ4v) is 3.59. The zero-order valence-electron chi connectivity index (χ0n) is 15.1. The molecule has 134 valence electrons. The summed E-state index contributed by atoms with van der Waals surface area (Å²) < 4.78 is 0. The summed E-state index contributed by atoms with van der Waals surface area (Å²) in [7, 11) is 0. The lowest BCUT2D eigenvalue weighted by Gasteiger charge is -2.38. The summed E-state index contributed by atoms with van der Waals surface area (Å²) in [5.41, 5.74) is 1.38. The van der Waals surface area contributed by atoms with Gasteiger partial charge in [0.2, 0.25) is 0 Å². The molecule has 3 N–H and O–H groups in total. The third kappa shape index (κ3) is 4.28. The van der Waals surface area contributed by atoms with Crippen molar-refractivity contribution >= 4 is 6.09 Å². The van der Waals surface area contributed by atoms with E-state index in [0.29, 0.717) is 5.92 Å². The number of benzene rings is 1. The van der Waals surface area contributed by atoms with Gasteiger partial charge in [0.1, 0.15) is 0 Å². The number of aliphatic hydroxyl groups is 1. The zero-order chi connectivity index (χ0) is 17.9. The van der Waals surface area contributed by atoms with Crippen LogP contribution in [0.1, 0.15) is 63.8 Å². The largest absolute Gasteiger partial charge is 0.465 e. The summed E-state index contributed by atoms with van der Waals surface area (Å²) in [5, 5.41) is 23.4. The van der Waals surface area contributed by atoms with Crippen molar-refractivity contribution in [3.05, 3.63) is 35.4 Å². The van der Waals surface area contributed by atoms with E-state index in [1.165, 1.54) is 4.90 Å². The van der Waals surface area contributed by atoms with Crippen molar-refractivity contribution in [2.24, 2.45) is 5.92 Å². The van der Waals surface area contributed by atoms with E-state index in [0.717, 1.165) is 37.1 Å². The van der Waals surface area contributed by atoms with E-state index in [9.17, 15) is 15.0 Å². The van der Waals surface area contributed by atoms with E-state index >= 15 is 0 Å². The van der Waals surface area contributed by atoms with Gasteiger partial charge >= 0.3 is 6.09 Å². The normalized spacial score (nSPS) is 18.9. The number of hydrogen-bond acceptors (Lipinski definition) is 3. The highest BCUT2D eigenvalue weighted by Gasteiger charge is 2.31. The Bertz CT molecular complexity index is 545. The number of nitrogens with one attached hydrogen (secondary N) is 1. The predicted octanol–water partition coefficient (Wildman–Crippen LogP) is 3.56. The summed E-state index contributed by atoms with van der Waals surface area (Å²) in [4.78, 5) is 13.1. The fraction of sp³-hybridized carbons (Fsp3) is 0.632. The van der Waals surface area contributed by atoms with Crippen LogP contribution in [0.4, 0.5) is 4.79 Å². The number of rotatable bonds is 4. The minimum Gasteiger partial charge on any atom is -0.465 e. The molecule has 1 amide bonds. The van der Waals surface area contributed by atoms with Gasteiger partial charge in [-0.05, 0) is 70.7 Å². The quantitative estimate of drug-likeness (QED) is 0.787. The second kappa shape index (κ2) is 7.53. The number of carboxylic acid groups (broad SMARTS) is 1. The number of aliphatic hydroxyl groups excluding tert-OH is 1. The molecule has 0 aliphatic carbocycles. The second-order valence-electron chi connectivity index (χ2n) is 7.70. The number of amides is 1. The maximum Gasteiger partial charge on any atom is 0.408 e. The van der Waals surface area contributed by atoms with Gasteiger partial charge in [-0.25, -0.2) is 4.79 Å². The maximum absolute atomic E-state index is 11.6. The van der Waals surface area contributed by atoms with Crippen molar-refractivity contribution in [2.75, 3.05) is 13.1 Å². The lowest BCUT2D eigenvalue weighted by Crippen LogP contribution is -2.46. The van der Waals surface area contributed by atoms with E-state index < -0.39 is 17.7 Å². The molecule has 5 nitrogen and oxygen atoms in total. The van der Waals surface area contributed by atoms with Crippen molar-refractivity contribution in [1.29, 1.82) is 0 Å². The number of nitrogens with zero attached hydrogens (tertiary/aromatic N) is 1. The fourth-order valence-electron chi connectivity index (χ4n) is 3.59. The zero-order valence-corrected chi connectivity index (χ0v) is 15.1. The van der Waals surface area contributed by atoms with E-state index in [4.69, 9.17) is 0 Å². The Morgan fingerprint density at radius 1 is 1.17 bits per heavy atom. The first-order valence-electron chi connectivity index (χ1n) is 8.72. The van der Waals surface area contributed by atoms with E-state index in [1.54, 1.807) is 0 Å². The van der Waals surface area contributed by atoms with Crippen molar-refractivity contribution in [3.63, 3.8) is 0 Å². The van der Waals surface area contributed by atoms with E-state index in [-0.39, 0.29) is 6.04 Å². The Morgan fingerprint density at radius 2 is 1.67 bits per heavy atom. The third-order valence-electron chi connectivity index (χ3n) is 4.91. The molecule has 1 saturated heterocycles. The van der Waals surface area contributed by atoms with Gasteiger partial charge in [0, 0.05) is 5.54 Å². The molecule has 5 heteroatoms. The van der Waals surface area contributed by atoms with Gasteiger partial charge in [0.15, 0.2) is 0 Å². The van der Waals surface area contributed by atoms with Crippen LogP contribution in [0.5, 0.6) is 0 Å². The van der Waals surface area contributed by atoms with Crippen LogP contribution in [-0.2, 0) is 0 Å². The van der Waals surface area contributed by atoms with Crippen LogP contribution >= 0.6 is 0 Å². The average molecular weight is 334 g/mol. The van der Waals surface area contributed by atoms with Crippen molar-refractivity contribution < 1.29 is 15.0 Å². The molecule has 1 heterocycles. The van der Waals surface area contributed by atoms with Gasteiger partial charge in [-0.1, -0.05) is 24.3 Å². The molecule has 0 bridgehead atoms. The average Bonchev–Trinajstić information content (AvgIpc) is 2.53. The highest BCUT2D eigenvalue weighted by Crippen LogP contribution is 2.32. The number of piperidine rings is 1. The summed E-state index contributed by atoms with van der Waals surface area (Å²) >= 11 is 0. The van der Waals surface area contributed by atoms with E-state index in [2.05, 4.69) is 5.32 Å². The SMILES string of the molecule is C[C@@H](c1ccc(C(O)C2CCNCC2)cc1)N(C(=O)O)C(C)(C)C. The molecule has 2 atom stereocenters. The van der Waals surface area contributed by atoms with Crippen molar-refractivity contribution in [2.45, 2.75) is 58.2 Å². The lowest BCUT2D eigenvalue weighted by molar-refractivity contribution is 0.0750. The predicted molar refractivity (Wildman–Crippen MR) is 95.0 cm³/mol. The summed E-state index contributed by atoms with van der Waals surface area (Å²) in [6, 6.07) is 7.49. The summed E-state index contributed by atoms with van der Waals surface area (Å²) in [5.74, 6) is 0.291. The molecular weight excluding hydrogens is 304 g/mol. The minimum absolute atomic E-state index is 0.243. The van der Waals surface area contributed by atoms with Crippen LogP contribution in [0.2, 0.25) is 0 Å². The van der Waals surface area contributed by atoms with Gasteiger partial charge < -0.3 is 15.5 Å². The Hall–Kier alpha value is -1.59. The molecule has 0 saturated carbocycles. The van der Waals surface area contributed by atoms with Crippen LogP contribution < -0.4 is 5.32 Å². The van der Waals surface area contributed by atoms with Crippen LogP contribution in [-0.4, -0.2) is 39.8 Å².